The molecule has 1 atom stereocenters. The molecule has 38 heavy (non-hydrogen) atoms. The van der Waals surface area contributed by atoms with E-state index in [0.29, 0.717) is 40.3 Å². The number of aromatic amines is 1. The zero-order valence-electron chi connectivity index (χ0n) is 22.7. The number of aromatic nitrogens is 1. The molecule has 203 valence electrons. The highest BCUT2D eigenvalue weighted by molar-refractivity contribution is 6.35. The molecule has 1 aliphatic rings. The standard InChI is InChI=1S/C28H35N4O6/c1-7-24(33)37-18(6)28(36)38-19-10-11-22-20(14-19)21(26(34)31-22)15-23-16(4)25(17(5)30-23)27(35)29-12-13-32(8-2)9-3/h7,10-11,14-15,18,30H,8-9,12-13H2,1-6H3,(H,29,35)(H,31,34)/b21-15-/t18-/m0/s1. The Morgan fingerprint density at radius 1 is 1.16 bits per heavy atom. The van der Waals surface area contributed by atoms with Crippen LogP contribution in [0.15, 0.2) is 18.2 Å². The van der Waals surface area contributed by atoms with Crippen molar-refractivity contribution in [3.63, 3.8) is 0 Å². The Morgan fingerprint density at radius 3 is 2.53 bits per heavy atom. The van der Waals surface area contributed by atoms with Gasteiger partial charge in [0.25, 0.3) is 11.8 Å². The second kappa shape index (κ2) is 12.6. The van der Waals surface area contributed by atoms with E-state index in [-0.39, 0.29) is 17.6 Å². The molecular weight excluding hydrogens is 488 g/mol. The summed E-state index contributed by atoms with van der Waals surface area (Å²) in [7, 11) is 0. The molecule has 2 heterocycles. The van der Waals surface area contributed by atoms with Gasteiger partial charge in [-0.25, -0.2) is 4.79 Å². The lowest BCUT2D eigenvalue weighted by Crippen LogP contribution is -2.35. The first-order chi connectivity index (χ1) is 18.1. The molecule has 2 aromatic rings. The lowest BCUT2D eigenvalue weighted by atomic mass is 10.0. The fourth-order valence-electron chi connectivity index (χ4n) is 4.22. The predicted molar refractivity (Wildman–Crippen MR) is 144 cm³/mol. The Morgan fingerprint density at radius 2 is 1.87 bits per heavy atom. The van der Waals surface area contributed by atoms with Gasteiger partial charge in [0.05, 0.1) is 17.6 Å². The zero-order valence-corrected chi connectivity index (χ0v) is 22.7. The van der Waals surface area contributed by atoms with Crippen LogP contribution in [-0.2, 0) is 19.1 Å². The molecule has 0 unspecified atom stereocenters. The van der Waals surface area contributed by atoms with E-state index in [1.54, 1.807) is 24.3 Å². The number of anilines is 1. The molecule has 0 fully saturated rings. The van der Waals surface area contributed by atoms with Gasteiger partial charge in [0.2, 0.25) is 0 Å². The number of H-pyrrole nitrogens is 1. The number of nitrogens with one attached hydrogen (secondary N) is 3. The molecule has 10 heteroatoms. The van der Waals surface area contributed by atoms with E-state index in [1.165, 1.54) is 20.3 Å². The van der Waals surface area contributed by atoms with Crippen LogP contribution in [-0.4, -0.2) is 65.9 Å². The van der Waals surface area contributed by atoms with E-state index in [9.17, 15) is 19.2 Å². The molecular formula is C28H35N4O6. The summed E-state index contributed by atoms with van der Waals surface area (Å²) in [5.41, 5.74) is 4.07. The van der Waals surface area contributed by atoms with Gasteiger partial charge in [-0.1, -0.05) is 20.8 Å². The van der Waals surface area contributed by atoms with Crippen molar-refractivity contribution in [3.05, 3.63) is 52.7 Å². The van der Waals surface area contributed by atoms with Crippen molar-refractivity contribution in [3.8, 4) is 5.75 Å². The maximum atomic E-state index is 12.9. The summed E-state index contributed by atoms with van der Waals surface area (Å²) >= 11 is 0. The molecule has 0 bridgehead atoms. The molecule has 2 amide bonds. The third-order valence-corrected chi connectivity index (χ3v) is 6.45. The fraction of sp³-hybridized carbons (Fsp3) is 0.393. The van der Waals surface area contributed by atoms with Crippen LogP contribution in [0.1, 0.15) is 60.6 Å². The Labute approximate surface area is 222 Å². The SMILES string of the molecule is C[CH]C(=O)O[C@@H](C)C(=O)Oc1ccc2c(c1)/C(=C/c1[nH]c(C)c(C(=O)NCCN(CC)CC)c1C)C(=O)N2. The number of amides is 2. The van der Waals surface area contributed by atoms with Gasteiger partial charge in [-0.3, -0.25) is 14.4 Å². The second-order valence-corrected chi connectivity index (χ2v) is 8.95. The zero-order chi connectivity index (χ0) is 28.0. The van der Waals surface area contributed by atoms with E-state index in [4.69, 9.17) is 9.47 Å². The minimum atomic E-state index is -1.09. The van der Waals surface area contributed by atoms with Gasteiger partial charge in [-0.2, -0.15) is 0 Å². The van der Waals surface area contributed by atoms with E-state index in [2.05, 4.69) is 34.4 Å². The number of carbonyl (C=O) groups is 4. The summed E-state index contributed by atoms with van der Waals surface area (Å²) < 4.78 is 10.3. The predicted octanol–water partition coefficient (Wildman–Crippen LogP) is 3.26. The van der Waals surface area contributed by atoms with Crippen molar-refractivity contribution < 1.29 is 28.7 Å². The highest BCUT2D eigenvalue weighted by atomic mass is 16.6. The smallest absolute Gasteiger partial charge is 0.352 e. The fourth-order valence-corrected chi connectivity index (χ4v) is 4.22. The normalized spacial score (nSPS) is 14.3. The average Bonchev–Trinajstić information content (AvgIpc) is 3.35. The summed E-state index contributed by atoms with van der Waals surface area (Å²) in [5, 5.41) is 5.78. The number of hydrogen-bond donors (Lipinski definition) is 3. The molecule has 0 saturated heterocycles. The molecule has 1 aliphatic heterocycles. The lowest BCUT2D eigenvalue weighted by molar-refractivity contribution is -0.158. The third kappa shape index (κ3) is 6.49. The van der Waals surface area contributed by atoms with Crippen LogP contribution in [0.3, 0.4) is 0 Å². The van der Waals surface area contributed by atoms with Gasteiger partial charge in [-0.05, 0) is 63.7 Å². The third-order valence-electron chi connectivity index (χ3n) is 6.45. The largest absolute Gasteiger partial charge is 0.450 e. The van der Waals surface area contributed by atoms with Gasteiger partial charge in [-0.15, -0.1) is 0 Å². The van der Waals surface area contributed by atoms with Crippen molar-refractivity contribution in [2.24, 2.45) is 0 Å². The summed E-state index contributed by atoms with van der Waals surface area (Å²) in [6.45, 7) is 13.9. The molecule has 10 nitrogen and oxygen atoms in total. The van der Waals surface area contributed by atoms with Crippen molar-refractivity contribution in [1.29, 1.82) is 0 Å². The quantitative estimate of drug-likeness (QED) is 0.234. The van der Waals surface area contributed by atoms with Gasteiger partial charge < -0.3 is 30.0 Å². The van der Waals surface area contributed by atoms with Crippen molar-refractivity contribution in [1.82, 2.24) is 15.2 Å². The molecule has 1 aromatic carbocycles. The van der Waals surface area contributed by atoms with Crippen LogP contribution < -0.4 is 15.4 Å². The average molecular weight is 524 g/mol. The van der Waals surface area contributed by atoms with Crippen molar-refractivity contribution in [2.75, 3.05) is 31.5 Å². The summed E-state index contributed by atoms with van der Waals surface area (Å²) in [6.07, 6.45) is 1.80. The Kier molecular flexibility index (Phi) is 9.46. The highest BCUT2D eigenvalue weighted by Crippen LogP contribution is 2.36. The van der Waals surface area contributed by atoms with Gasteiger partial charge in [0.15, 0.2) is 6.10 Å². The number of esters is 2. The summed E-state index contributed by atoms with van der Waals surface area (Å²) in [5.74, 6) is -1.66. The van der Waals surface area contributed by atoms with E-state index in [0.717, 1.165) is 25.2 Å². The first-order valence-electron chi connectivity index (χ1n) is 12.7. The topological polar surface area (TPSA) is 130 Å². The molecule has 3 N–H and O–H groups in total. The number of carbonyl (C=O) groups excluding carboxylic acids is 4. The number of hydrogen-bond acceptors (Lipinski definition) is 7. The molecule has 1 radical (unpaired) electrons. The van der Waals surface area contributed by atoms with Crippen LogP contribution in [0.25, 0.3) is 11.6 Å². The number of aryl methyl sites for hydroxylation is 1. The number of rotatable bonds is 11. The number of fused-ring (bicyclic) bond motifs is 1. The van der Waals surface area contributed by atoms with Gasteiger partial charge in [0.1, 0.15) is 5.75 Å². The van der Waals surface area contributed by atoms with Crippen LogP contribution in [0.4, 0.5) is 5.69 Å². The Hall–Kier alpha value is -3.92. The van der Waals surface area contributed by atoms with Crippen LogP contribution in [0, 0.1) is 20.3 Å². The van der Waals surface area contributed by atoms with Crippen molar-refractivity contribution >= 4 is 41.1 Å². The van der Waals surface area contributed by atoms with Gasteiger partial charge in [0, 0.05) is 35.7 Å². The summed E-state index contributed by atoms with van der Waals surface area (Å²) in [6, 6.07) is 4.75. The molecule has 3 rings (SSSR count). The van der Waals surface area contributed by atoms with Crippen molar-refractivity contribution in [2.45, 2.75) is 47.6 Å². The van der Waals surface area contributed by atoms with E-state index < -0.39 is 18.0 Å². The lowest BCUT2D eigenvalue weighted by Gasteiger charge is -2.18. The molecule has 0 aliphatic carbocycles. The monoisotopic (exact) mass is 523 g/mol. The number of benzene rings is 1. The molecule has 0 saturated carbocycles. The second-order valence-electron chi connectivity index (χ2n) is 8.95. The maximum absolute atomic E-state index is 12.9. The number of ether oxygens (including phenoxy) is 2. The minimum absolute atomic E-state index is 0.172. The van der Waals surface area contributed by atoms with E-state index >= 15 is 0 Å². The van der Waals surface area contributed by atoms with Crippen LogP contribution in [0.5, 0.6) is 5.75 Å². The number of nitrogens with zero attached hydrogens (tertiary/aromatic N) is 1. The van der Waals surface area contributed by atoms with Crippen LogP contribution >= 0.6 is 0 Å². The Balaban J connectivity index is 1.81. The highest BCUT2D eigenvalue weighted by Gasteiger charge is 2.27. The van der Waals surface area contributed by atoms with Gasteiger partial charge >= 0.3 is 11.9 Å². The minimum Gasteiger partial charge on any atom is -0.450 e. The number of likely N-dealkylation sites (N-methyl/N-ethyl adjacent to an activating group) is 1. The van der Waals surface area contributed by atoms with E-state index in [1.807, 2.05) is 13.8 Å². The maximum Gasteiger partial charge on any atom is 0.352 e. The first kappa shape index (κ1) is 28.6. The molecule has 0 spiro atoms. The first-order valence-corrected chi connectivity index (χ1v) is 12.7. The molecule has 1 aromatic heterocycles. The Bertz CT molecular complexity index is 1260. The summed E-state index contributed by atoms with van der Waals surface area (Å²) in [4.78, 5) is 54.9. The van der Waals surface area contributed by atoms with Crippen LogP contribution in [0.2, 0.25) is 0 Å².